The minimum atomic E-state index is -0.180. The highest BCUT2D eigenvalue weighted by atomic mass is 19.1. The van der Waals surface area contributed by atoms with Crippen LogP contribution in [0.2, 0.25) is 0 Å². The zero-order valence-corrected chi connectivity index (χ0v) is 15.8. The summed E-state index contributed by atoms with van der Waals surface area (Å²) < 4.78 is 23.9. The number of methoxy groups -OCH3 is 1. The summed E-state index contributed by atoms with van der Waals surface area (Å²) in [5, 5.41) is 4.09. The first-order chi connectivity index (χ1) is 13.7. The molecule has 0 atom stereocenters. The van der Waals surface area contributed by atoms with Gasteiger partial charge in [-0.1, -0.05) is 17.3 Å². The van der Waals surface area contributed by atoms with Crippen LogP contribution in [-0.4, -0.2) is 53.2 Å². The lowest BCUT2D eigenvalue weighted by Crippen LogP contribution is -2.45. The SMILES string of the molecule is COc1ccc(-c2noc(CN3CCN(Cc4cccc(F)c4)CC3)n2)cc1. The highest BCUT2D eigenvalue weighted by molar-refractivity contribution is 5.55. The molecule has 1 saturated heterocycles. The van der Waals surface area contributed by atoms with Gasteiger partial charge in [-0.3, -0.25) is 9.80 Å². The van der Waals surface area contributed by atoms with Gasteiger partial charge in [-0.05, 0) is 42.0 Å². The van der Waals surface area contributed by atoms with E-state index in [4.69, 9.17) is 9.26 Å². The van der Waals surface area contributed by atoms with E-state index >= 15 is 0 Å². The van der Waals surface area contributed by atoms with Crippen LogP contribution in [0, 0.1) is 5.82 Å². The summed E-state index contributed by atoms with van der Waals surface area (Å²) >= 11 is 0. The largest absolute Gasteiger partial charge is 0.497 e. The van der Waals surface area contributed by atoms with Gasteiger partial charge in [0.2, 0.25) is 11.7 Å². The minimum Gasteiger partial charge on any atom is -0.497 e. The van der Waals surface area contributed by atoms with Crippen molar-refractivity contribution in [2.75, 3.05) is 33.3 Å². The zero-order chi connectivity index (χ0) is 19.3. The molecule has 1 aromatic heterocycles. The average molecular weight is 382 g/mol. The zero-order valence-electron chi connectivity index (χ0n) is 15.8. The second kappa shape index (κ2) is 8.50. The smallest absolute Gasteiger partial charge is 0.241 e. The first-order valence-corrected chi connectivity index (χ1v) is 9.36. The maximum atomic E-state index is 13.3. The molecule has 0 N–H and O–H groups in total. The van der Waals surface area contributed by atoms with Crippen molar-refractivity contribution in [2.24, 2.45) is 0 Å². The summed E-state index contributed by atoms with van der Waals surface area (Å²) in [6.07, 6.45) is 0. The van der Waals surface area contributed by atoms with Crippen LogP contribution < -0.4 is 4.74 Å². The van der Waals surface area contributed by atoms with Crippen molar-refractivity contribution in [3.05, 3.63) is 65.8 Å². The molecule has 2 heterocycles. The summed E-state index contributed by atoms with van der Waals surface area (Å²) in [5.74, 6) is 1.82. The summed E-state index contributed by atoms with van der Waals surface area (Å²) in [6, 6.07) is 14.4. The Morgan fingerprint density at radius 1 is 1.00 bits per heavy atom. The molecule has 6 nitrogen and oxygen atoms in total. The van der Waals surface area contributed by atoms with Gasteiger partial charge in [-0.2, -0.15) is 4.98 Å². The Hall–Kier alpha value is -2.77. The summed E-state index contributed by atoms with van der Waals surface area (Å²) in [7, 11) is 1.64. The molecule has 0 unspecified atom stereocenters. The van der Waals surface area contributed by atoms with Crippen molar-refractivity contribution in [2.45, 2.75) is 13.1 Å². The third-order valence-electron chi connectivity index (χ3n) is 4.94. The third-order valence-corrected chi connectivity index (χ3v) is 4.94. The summed E-state index contributed by atoms with van der Waals surface area (Å²) in [4.78, 5) is 9.15. The highest BCUT2D eigenvalue weighted by Crippen LogP contribution is 2.20. The van der Waals surface area contributed by atoms with Gasteiger partial charge in [0.25, 0.3) is 0 Å². The molecule has 3 aromatic rings. The Balaban J connectivity index is 1.29. The van der Waals surface area contributed by atoms with Crippen molar-refractivity contribution < 1.29 is 13.7 Å². The Morgan fingerprint density at radius 2 is 1.71 bits per heavy atom. The van der Waals surface area contributed by atoms with E-state index < -0.39 is 0 Å². The van der Waals surface area contributed by atoms with Crippen LogP contribution in [0.1, 0.15) is 11.5 Å². The Kier molecular flexibility index (Phi) is 5.64. The van der Waals surface area contributed by atoms with Crippen LogP contribution in [0.4, 0.5) is 4.39 Å². The Bertz CT molecular complexity index is 905. The lowest BCUT2D eigenvalue weighted by atomic mass is 10.2. The number of rotatable bonds is 6. The van der Waals surface area contributed by atoms with Gasteiger partial charge in [0.05, 0.1) is 13.7 Å². The Labute approximate surface area is 163 Å². The van der Waals surface area contributed by atoms with Crippen molar-refractivity contribution in [3.63, 3.8) is 0 Å². The maximum Gasteiger partial charge on any atom is 0.241 e. The fourth-order valence-electron chi connectivity index (χ4n) is 3.37. The molecule has 0 radical (unpaired) electrons. The van der Waals surface area contributed by atoms with Crippen molar-refractivity contribution in [1.29, 1.82) is 0 Å². The number of benzene rings is 2. The van der Waals surface area contributed by atoms with E-state index in [-0.39, 0.29) is 5.82 Å². The van der Waals surface area contributed by atoms with Crippen LogP contribution in [0.15, 0.2) is 53.1 Å². The summed E-state index contributed by atoms with van der Waals surface area (Å²) in [5.41, 5.74) is 1.91. The van der Waals surface area contributed by atoms with E-state index in [2.05, 4.69) is 19.9 Å². The maximum absolute atomic E-state index is 13.3. The molecule has 1 fully saturated rings. The second-order valence-electron chi connectivity index (χ2n) is 6.92. The molecule has 0 bridgehead atoms. The van der Waals surface area contributed by atoms with Gasteiger partial charge in [0.15, 0.2) is 0 Å². The number of piperazine rings is 1. The van der Waals surface area contributed by atoms with Crippen LogP contribution in [0.5, 0.6) is 5.75 Å². The average Bonchev–Trinajstić information content (AvgIpc) is 3.18. The molecule has 146 valence electrons. The number of hydrogen-bond donors (Lipinski definition) is 0. The van der Waals surface area contributed by atoms with Crippen LogP contribution in [-0.2, 0) is 13.1 Å². The monoisotopic (exact) mass is 382 g/mol. The van der Waals surface area contributed by atoms with Gasteiger partial charge in [0, 0.05) is 38.3 Å². The van der Waals surface area contributed by atoms with Gasteiger partial charge in [0.1, 0.15) is 11.6 Å². The molecule has 7 heteroatoms. The first-order valence-electron chi connectivity index (χ1n) is 9.36. The molecule has 0 amide bonds. The fraction of sp³-hybridized carbons (Fsp3) is 0.333. The highest BCUT2D eigenvalue weighted by Gasteiger charge is 2.19. The van der Waals surface area contributed by atoms with Gasteiger partial charge < -0.3 is 9.26 Å². The van der Waals surface area contributed by atoms with Gasteiger partial charge in [-0.25, -0.2) is 4.39 Å². The molecular formula is C21H23FN4O2. The molecule has 1 aliphatic rings. The third kappa shape index (κ3) is 4.55. The number of nitrogens with zero attached hydrogens (tertiary/aromatic N) is 4. The molecule has 2 aromatic carbocycles. The summed E-state index contributed by atoms with van der Waals surface area (Å²) in [6.45, 7) is 5.09. The van der Waals surface area contributed by atoms with E-state index in [1.807, 2.05) is 30.3 Å². The van der Waals surface area contributed by atoms with E-state index in [0.29, 0.717) is 18.3 Å². The van der Waals surface area contributed by atoms with E-state index in [0.717, 1.165) is 49.6 Å². The topological polar surface area (TPSA) is 54.6 Å². The van der Waals surface area contributed by atoms with Crippen LogP contribution in [0.25, 0.3) is 11.4 Å². The molecule has 0 aliphatic carbocycles. The van der Waals surface area contributed by atoms with E-state index in [9.17, 15) is 4.39 Å². The second-order valence-corrected chi connectivity index (χ2v) is 6.92. The van der Waals surface area contributed by atoms with Crippen molar-refractivity contribution in [3.8, 4) is 17.1 Å². The van der Waals surface area contributed by atoms with Crippen molar-refractivity contribution in [1.82, 2.24) is 19.9 Å². The molecular weight excluding hydrogens is 359 g/mol. The first kappa shape index (κ1) is 18.6. The number of halogens is 1. The molecule has 0 saturated carbocycles. The van der Waals surface area contributed by atoms with Crippen molar-refractivity contribution >= 4 is 0 Å². The number of ether oxygens (including phenoxy) is 1. The predicted octanol–water partition coefficient (Wildman–Crippen LogP) is 3.20. The quantitative estimate of drug-likeness (QED) is 0.653. The fourth-order valence-corrected chi connectivity index (χ4v) is 3.37. The standard InChI is InChI=1S/C21H23FN4O2/c1-27-19-7-5-17(6-8-19)21-23-20(28-24-21)15-26-11-9-25(10-12-26)14-16-3-2-4-18(22)13-16/h2-8,13H,9-12,14-15H2,1H3. The molecule has 28 heavy (non-hydrogen) atoms. The Morgan fingerprint density at radius 3 is 2.39 bits per heavy atom. The number of aromatic nitrogens is 2. The molecule has 4 rings (SSSR count). The molecule has 0 spiro atoms. The van der Waals surface area contributed by atoms with E-state index in [1.165, 1.54) is 6.07 Å². The lowest BCUT2D eigenvalue weighted by molar-refractivity contribution is 0.112. The van der Waals surface area contributed by atoms with Crippen LogP contribution >= 0.6 is 0 Å². The minimum absolute atomic E-state index is 0.180. The van der Waals surface area contributed by atoms with E-state index in [1.54, 1.807) is 19.2 Å². The van der Waals surface area contributed by atoms with Gasteiger partial charge >= 0.3 is 0 Å². The van der Waals surface area contributed by atoms with Crippen LogP contribution in [0.3, 0.4) is 0 Å². The normalized spacial score (nSPS) is 15.6. The van der Waals surface area contributed by atoms with Gasteiger partial charge in [-0.15, -0.1) is 0 Å². The lowest BCUT2D eigenvalue weighted by Gasteiger charge is -2.33. The number of hydrogen-bond acceptors (Lipinski definition) is 6. The predicted molar refractivity (Wildman–Crippen MR) is 103 cm³/mol. The molecule has 1 aliphatic heterocycles.